The van der Waals surface area contributed by atoms with Gasteiger partial charge in [0.15, 0.2) is 0 Å². The van der Waals surface area contributed by atoms with Crippen LogP contribution in [0.5, 0.6) is 5.75 Å². The van der Waals surface area contributed by atoms with Gasteiger partial charge in [0.2, 0.25) is 21.8 Å². The molecule has 37 heavy (non-hydrogen) atoms. The van der Waals surface area contributed by atoms with E-state index in [2.05, 4.69) is 5.32 Å². The van der Waals surface area contributed by atoms with Gasteiger partial charge in [0.05, 0.1) is 24.1 Å². The minimum atomic E-state index is -4.21. The predicted octanol–water partition coefficient (Wildman–Crippen LogP) is 3.49. The number of hydrogen-bond acceptors (Lipinski definition) is 6. The number of nitrogens with one attached hydrogen (secondary N) is 1. The van der Waals surface area contributed by atoms with Crippen molar-refractivity contribution < 1.29 is 27.5 Å². The third kappa shape index (κ3) is 5.55. The molecule has 192 valence electrons. The summed E-state index contributed by atoms with van der Waals surface area (Å²) < 4.78 is 33.9. The lowest BCUT2D eigenvalue weighted by Gasteiger charge is -2.27. The Morgan fingerprint density at radius 1 is 1.00 bits per heavy atom. The van der Waals surface area contributed by atoms with E-state index in [9.17, 15) is 22.8 Å². The van der Waals surface area contributed by atoms with E-state index in [0.717, 1.165) is 14.8 Å². The number of carbonyl (C=O) groups is 3. The highest BCUT2D eigenvalue weighted by atomic mass is 32.2. The van der Waals surface area contributed by atoms with Crippen molar-refractivity contribution in [2.75, 3.05) is 17.3 Å². The van der Waals surface area contributed by atoms with Gasteiger partial charge in [-0.15, -0.1) is 0 Å². The number of methoxy groups -OCH3 is 1. The Morgan fingerprint density at radius 3 is 2.19 bits per heavy atom. The van der Waals surface area contributed by atoms with Crippen molar-refractivity contribution in [3.05, 3.63) is 83.9 Å². The fraction of sp³-hybridized carbons (Fsp3) is 0.222. The van der Waals surface area contributed by atoms with E-state index in [4.69, 9.17) is 4.74 Å². The summed E-state index contributed by atoms with van der Waals surface area (Å²) in [5, 5.41) is 2.60. The maximum atomic E-state index is 13.8. The first-order valence-electron chi connectivity index (χ1n) is 11.6. The van der Waals surface area contributed by atoms with Crippen molar-refractivity contribution in [1.29, 1.82) is 0 Å². The van der Waals surface area contributed by atoms with Gasteiger partial charge >= 0.3 is 0 Å². The van der Waals surface area contributed by atoms with Crippen LogP contribution in [0.1, 0.15) is 24.5 Å². The third-order valence-electron chi connectivity index (χ3n) is 6.04. The molecule has 0 saturated carbocycles. The largest absolute Gasteiger partial charge is 0.497 e. The van der Waals surface area contributed by atoms with Crippen LogP contribution in [0.15, 0.2) is 77.7 Å². The van der Waals surface area contributed by atoms with E-state index >= 15 is 0 Å². The van der Waals surface area contributed by atoms with Crippen molar-refractivity contribution in [3.63, 3.8) is 0 Å². The molecule has 1 aliphatic rings. The summed E-state index contributed by atoms with van der Waals surface area (Å²) in [6.45, 7) is 3.17. The van der Waals surface area contributed by atoms with Crippen LogP contribution in [0, 0.1) is 6.92 Å². The molecule has 1 saturated heterocycles. The quantitative estimate of drug-likeness (QED) is 0.454. The summed E-state index contributed by atoms with van der Waals surface area (Å²) in [5.41, 5.74) is 2.46. The van der Waals surface area contributed by atoms with Crippen LogP contribution in [0.3, 0.4) is 0 Å². The summed E-state index contributed by atoms with van der Waals surface area (Å²) in [5.74, 6) is -0.845. The highest BCUT2D eigenvalue weighted by Crippen LogP contribution is 2.31. The number of sulfonamides is 1. The summed E-state index contributed by atoms with van der Waals surface area (Å²) >= 11 is 0. The number of amides is 3. The third-order valence-corrected chi connectivity index (χ3v) is 7.91. The van der Waals surface area contributed by atoms with E-state index in [0.29, 0.717) is 22.7 Å². The number of benzene rings is 3. The van der Waals surface area contributed by atoms with Crippen LogP contribution in [0.2, 0.25) is 0 Å². The van der Waals surface area contributed by atoms with Crippen LogP contribution in [0.25, 0.3) is 0 Å². The van der Waals surface area contributed by atoms with Gasteiger partial charge in [-0.05, 0) is 61.0 Å². The van der Waals surface area contributed by atoms with Crippen LogP contribution >= 0.6 is 0 Å². The molecular formula is C27H27N3O6S. The second kappa shape index (κ2) is 10.5. The standard InChI is InChI=1S/C27H27N3O6S/c1-18-4-6-20(7-5-18)17-29(37(34,35)24-14-8-21(9-15-24)28-19(2)31)25-16-26(32)30(27(25)33)22-10-12-23(36-3)13-11-22/h4-15,25H,16-17H2,1-3H3,(H,28,31). The van der Waals surface area contributed by atoms with Gasteiger partial charge in [-0.1, -0.05) is 29.8 Å². The van der Waals surface area contributed by atoms with Crippen molar-refractivity contribution in [1.82, 2.24) is 4.31 Å². The molecule has 10 heteroatoms. The van der Waals surface area contributed by atoms with Crippen molar-refractivity contribution >= 4 is 39.1 Å². The predicted molar refractivity (Wildman–Crippen MR) is 139 cm³/mol. The molecule has 0 radical (unpaired) electrons. The Balaban J connectivity index is 1.71. The maximum absolute atomic E-state index is 13.8. The minimum absolute atomic E-state index is 0.0585. The van der Waals surface area contributed by atoms with Gasteiger partial charge in [0.1, 0.15) is 11.8 Å². The average molecular weight is 522 g/mol. The van der Waals surface area contributed by atoms with E-state index in [-0.39, 0.29) is 23.8 Å². The van der Waals surface area contributed by atoms with Gasteiger partial charge in [-0.2, -0.15) is 4.31 Å². The molecule has 3 aromatic carbocycles. The average Bonchev–Trinajstić information content (AvgIpc) is 3.16. The molecule has 1 unspecified atom stereocenters. The zero-order valence-corrected chi connectivity index (χ0v) is 21.5. The molecule has 0 spiro atoms. The second-order valence-corrected chi connectivity index (χ2v) is 10.6. The number of aryl methyl sites for hydroxylation is 1. The number of ether oxygens (including phenoxy) is 1. The van der Waals surface area contributed by atoms with Crippen molar-refractivity contribution in [2.24, 2.45) is 0 Å². The molecule has 4 rings (SSSR count). The first-order valence-corrected chi connectivity index (χ1v) is 13.0. The molecule has 3 aromatic rings. The Morgan fingerprint density at radius 2 is 1.62 bits per heavy atom. The number of carbonyl (C=O) groups excluding carboxylic acids is 3. The Hall–Kier alpha value is -4.02. The van der Waals surface area contributed by atoms with Crippen LogP contribution in [-0.4, -0.2) is 43.6 Å². The van der Waals surface area contributed by atoms with E-state index in [1.165, 1.54) is 38.3 Å². The lowest BCUT2D eigenvalue weighted by atomic mass is 10.1. The summed E-state index contributed by atoms with van der Waals surface area (Å²) in [4.78, 5) is 38.8. The first-order chi connectivity index (χ1) is 17.6. The monoisotopic (exact) mass is 521 g/mol. The number of nitrogens with zero attached hydrogens (tertiary/aromatic N) is 2. The zero-order chi connectivity index (χ0) is 26.7. The summed E-state index contributed by atoms with van der Waals surface area (Å²) in [7, 11) is -2.70. The fourth-order valence-electron chi connectivity index (χ4n) is 4.13. The van der Waals surface area contributed by atoms with Crippen molar-refractivity contribution in [3.8, 4) is 5.75 Å². The van der Waals surface area contributed by atoms with Gasteiger partial charge in [-0.3, -0.25) is 14.4 Å². The van der Waals surface area contributed by atoms with E-state index in [1.807, 2.05) is 19.1 Å². The molecule has 1 heterocycles. The first kappa shape index (κ1) is 26.1. The molecule has 1 aliphatic heterocycles. The lowest BCUT2D eigenvalue weighted by Crippen LogP contribution is -2.45. The molecular weight excluding hydrogens is 494 g/mol. The zero-order valence-electron chi connectivity index (χ0n) is 20.7. The second-order valence-electron chi connectivity index (χ2n) is 8.73. The Labute approximate surface area is 215 Å². The number of imide groups is 1. The molecule has 1 fully saturated rings. The van der Waals surface area contributed by atoms with E-state index in [1.54, 1.807) is 36.4 Å². The molecule has 3 amide bonds. The fourth-order valence-corrected chi connectivity index (χ4v) is 5.70. The number of rotatable bonds is 8. The van der Waals surface area contributed by atoms with Gasteiger partial charge < -0.3 is 10.1 Å². The highest BCUT2D eigenvalue weighted by molar-refractivity contribution is 7.89. The SMILES string of the molecule is COc1ccc(N2C(=O)CC(N(Cc3ccc(C)cc3)S(=O)(=O)c3ccc(NC(C)=O)cc3)C2=O)cc1. The maximum Gasteiger partial charge on any atom is 0.252 e. The lowest BCUT2D eigenvalue weighted by molar-refractivity contribution is -0.122. The van der Waals surface area contributed by atoms with Crippen LogP contribution < -0.4 is 15.0 Å². The summed E-state index contributed by atoms with van der Waals surface area (Å²) in [6, 6.07) is 18.2. The molecule has 0 bridgehead atoms. The normalized spacial score (nSPS) is 15.8. The van der Waals surface area contributed by atoms with Gasteiger partial charge in [-0.25, -0.2) is 13.3 Å². The molecule has 0 aliphatic carbocycles. The molecule has 1 atom stereocenters. The topological polar surface area (TPSA) is 113 Å². The van der Waals surface area contributed by atoms with Crippen LogP contribution in [-0.2, 0) is 31.0 Å². The molecule has 1 N–H and O–H groups in total. The smallest absolute Gasteiger partial charge is 0.252 e. The molecule has 0 aromatic heterocycles. The van der Waals surface area contributed by atoms with Crippen molar-refractivity contribution in [2.45, 2.75) is 37.8 Å². The minimum Gasteiger partial charge on any atom is -0.497 e. The van der Waals surface area contributed by atoms with Crippen LogP contribution in [0.4, 0.5) is 11.4 Å². The molecule has 9 nitrogen and oxygen atoms in total. The Bertz CT molecular complexity index is 1420. The number of anilines is 2. The summed E-state index contributed by atoms with van der Waals surface area (Å²) in [6.07, 6.45) is -0.292. The highest BCUT2D eigenvalue weighted by Gasteiger charge is 2.47. The Kier molecular flexibility index (Phi) is 7.42. The van der Waals surface area contributed by atoms with E-state index < -0.39 is 27.9 Å². The van der Waals surface area contributed by atoms with Gasteiger partial charge in [0, 0.05) is 19.2 Å². The number of hydrogen-bond donors (Lipinski definition) is 1. The van der Waals surface area contributed by atoms with Gasteiger partial charge in [0.25, 0.3) is 5.91 Å².